The summed E-state index contributed by atoms with van der Waals surface area (Å²) >= 11 is 0. The predicted molar refractivity (Wildman–Crippen MR) is 268 cm³/mol. The summed E-state index contributed by atoms with van der Waals surface area (Å²) in [4.78, 5) is 37.1. The van der Waals surface area contributed by atoms with Crippen LogP contribution in [0.25, 0.3) is 0 Å². The number of esters is 2. The molecule has 0 amide bonds. The Bertz CT molecular complexity index is 1190. The summed E-state index contributed by atoms with van der Waals surface area (Å²) in [6.45, 7) is 4.57. The van der Waals surface area contributed by atoms with Gasteiger partial charge in [-0.2, -0.15) is 0 Å². The zero-order chi connectivity index (χ0) is 47.0. The van der Waals surface area contributed by atoms with E-state index in [4.69, 9.17) is 14.2 Å². The Morgan fingerprint density at radius 2 is 0.875 bits per heavy atom. The lowest BCUT2D eigenvalue weighted by molar-refractivity contribution is -0.889. The number of carbonyl (C=O) groups excluding carboxylic acids is 3. The maximum absolute atomic E-state index is 12.8. The highest BCUT2D eigenvalue weighted by atomic mass is 16.6. The maximum Gasteiger partial charge on any atom is 0.306 e. The zero-order valence-electron chi connectivity index (χ0n) is 42.4. The van der Waals surface area contributed by atoms with Gasteiger partial charge < -0.3 is 28.6 Å². The molecule has 0 aromatic carbocycles. The fourth-order valence-electron chi connectivity index (χ4n) is 7.85. The van der Waals surface area contributed by atoms with Crippen LogP contribution in [0, 0.1) is 0 Å². The Morgan fingerprint density at radius 1 is 0.484 bits per heavy atom. The molecule has 0 aromatic rings. The van der Waals surface area contributed by atoms with Crippen molar-refractivity contribution in [2.45, 2.75) is 251 Å². The Balaban J connectivity index is 4.22. The Kier molecular flexibility index (Phi) is 44.8. The normalized spacial score (nSPS) is 13.2. The van der Waals surface area contributed by atoms with E-state index in [1.165, 1.54) is 148 Å². The summed E-state index contributed by atoms with van der Waals surface area (Å²) in [5.41, 5.74) is 0. The second-order valence-corrected chi connectivity index (χ2v) is 19.1. The van der Waals surface area contributed by atoms with Gasteiger partial charge in [-0.1, -0.05) is 197 Å². The third-order valence-corrected chi connectivity index (χ3v) is 11.9. The lowest BCUT2D eigenvalue weighted by Crippen LogP contribution is -2.55. The lowest BCUT2D eigenvalue weighted by atomic mass is 10.0. The Labute approximate surface area is 395 Å². The first-order valence-electron chi connectivity index (χ1n) is 26.7. The van der Waals surface area contributed by atoms with Crippen molar-refractivity contribution in [3.8, 4) is 0 Å². The molecule has 0 aliphatic carbocycles. The first-order chi connectivity index (χ1) is 31.1. The van der Waals surface area contributed by atoms with E-state index in [1.807, 2.05) is 0 Å². The summed E-state index contributed by atoms with van der Waals surface area (Å²) in [6.07, 6.45) is 57.1. The molecule has 0 bridgehead atoms. The summed E-state index contributed by atoms with van der Waals surface area (Å²) in [6, 6.07) is -0.728. The van der Waals surface area contributed by atoms with Crippen molar-refractivity contribution in [1.82, 2.24) is 0 Å². The number of carboxylic acid groups (broad SMARTS) is 1. The van der Waals surface area contributed by atoms with Crippen LogP contribution in [0.15, 0.2) is 48.6 Å². The molecule has 2 atom stereocenters. The molecule has 2 unspecified atom stereocenters. The number of carbonyl (C=O) groups is 3. The molecule has 0 N–H and O–H groups in total. The van der Waals surface area contributed by atoms with Gasteiger partial charge in [0, 0.05) is 19.3 Å². The molecule has 0 rings (SSSR count). The predicted octanol–water partition coefficient (Wildman–Crippen LogP) is 14.2. The van der Waals surface area contributed by atoms with Crippen molar-refractivity contribution >= 4 is 17.9 Å². The van der Waals surface area contributed by atoms with Crippen molar-refractivity contribution < 1.29 is 38.2 Å². The highest BCUT2D eigenvalue weighted by Gasteiger charge is 2.25. The number of unbranched alkanes of at least 4 members (excludes halogenated alkanes) is 26. The SMILES string of the molecule is CC/C=C/C/C=C/C/C=C/CCCCCCCCCCCCC(=O)OC(COCCC(C(=O)[O-])[N+](C)(C)C)COC(=O)CCCCCCCCC/C=C/CCCCCCCCCCC. The number of nitrogens with zero attached hydrogens (tertiary/aromatic N) is 1. The quantitative estimate of drug-likeness (QED) is 0.0259. The molecule has 0 fully saturated rings. The van der Waals surface area contributed by atoms with Gasteiger partial charge >= 0.3 is 11.9 Å². The van der Waals surface area contributed by atoms with E-state index in [2.05, 4.69) is 62.5 Å². The molecule has 8 heteroatoms. The molecular weight excluding hydrogens is 799 g/mol. The molecule has 0 aliphatic rings. The minimum absolute atomic E-state index is 0.0384. The summed E-state index contributed by atoms with van der Waals surface area (Å²) in [5, 5.41) is 11.7. The molecule has 372 valence electrons. The smallest absolute Gasteiger partial charge is 0.306 e. The van der Waals surface area contributed by atoms with Crippen LogP contribution in [0.5, 0.6) is 0 Å². The minimum atomic E-state index is -1.12. The molecule has 64 heavy (non-hydrogen) atoms. The molecule has 0 spiro atoms. The number of carboxylic acids is 1. The van der Waals surface area contributed by atoms with Gasteiger partial charge in [-0.15, -0.1) is 0 Å². The number of likely N-dealkylation sites (N-methyl/N-ethyl adjacent to an activating group) is 1. The van der Waals surface area contributed by atoms with E-state index in [0.717, 1.165) is 57.8 Å². The second kappa shape index (κ2) is 46.8. The summed E-state index contributed by atoms with van der Waals surface area (Å²) in [5.74, 6) is -1.74. The maximum atomic E-state index is 12.8. The minimum Gasteiger partial charge on any atom is -0.544 e. The van der Waals surface area contributed by atoms with Crippen LogP contribution < -0.4 is 5.11 Å². The molecule has 0 heterocycles. The molecular formula is C56H101NO7. The Hall–Kier alpha value is -2.71. The van der Waals surface area contributed by atoms with E-state index in [9.17, 15) is 19.5 Å². The second-order valence-electron chi connectivity index (χ2n) is 19.1. The van der Waals surface area contributed by atoms with Crippen LogP contribution in [-0.2, 0) is 28.6 Å². The molecule has 0 radical (unpaired) electrons. The molecule has 8 nitrogen and oxygen atoms in total. The fraction of sp³-hybridized carbons (Fsp3) is 0.804. The van der Waals surface area contributed by atoms with Gasteiger partial charge in [-0.25, -0.2) is 0 Å². The highest BCUT2D eigenvalue weighted by Crippen LogP contribution is 2.16. The van der Waals surface area contributed by atoms with Crippen LogP contribution in [0.1, 0.15) is 239 Å². The summed E-state index contributed by atoms with van der Waals surface area (Å²) in [7, 11) is 5.42. The topological polar surface area (TPSA) is 102 Å². The number of ether oxygens (including phenoxy) is 3. The van der Waals surface area contributed by atoms with Crippen LogP contribution in [0.2, 0.25) is 0 Å². The Morgan fingerprint density at radius 3 is 1.31 bits per heavy atom. The van der Waals surface area contributed by atoms with Crippen molar-refractivity contribution in [3.63, 3.8) is 0 Å². The number of aliphatic carboxylic acids is 1. The van der Waals surface area contributed by atoms with Gasteiger partial charge in [0.25, 0.3) is 0 Å². The van der Waals surface area contributed by atoms with Crippen LogP contribution in [0.3, 0.4) is 0 Å². The first-order valence-corrected chi connectivity index (χ1v) is 26.7. The number of rotatable bonds is 48. The average molecular weight is 900 g/mol. The molecule has 0 saturated carbocycles. The van der Waals surface area contributed by atoms with E-state index in [0.29, 0.717) is 12.8 Å². The number of allylic oxidation sites excluding steroid dienone is 8. The number of hydrogen-bond donors (Lipinski definition) is 0. The van der Waals surface area contributed by atoms with E-state index >= 15 is 0 Å². The third kappa shape index (κ3) is 44.5. The third-order valence-electron chi connectivity index (χ3n) is 11.9. The lowest BCUT2D eigenvalue weighted by Gasteiger charge is -2.34. The van der Waals surface area contributed by atoms with Gasteiger partial charge in [0.05, 0.1) is 40.3 Å². The number of hydrogen-bond acceptors (Lipinski definition) is 7. The fourth-order valence-corrected chi connectivity index (χ4v) is 7.85. The van der Waals surface area contributed by atoms with Crippen LogP contribution in [-0.4, -0.2) is 75.5 Å². The van der Waals surface area contributed by atoms with Gasteiger partial charge in [-0.3, -0.25) is 9.59 Å². The largest absolute Gasteiger partial charge is 0.544 e. The monoisotopic (exact) mass is 900 g/mol. The number of quaternary nitrogens is 1. The van der Waals surface area contributed by atoms with E-state index in [1.54, 1.807) is 21.1 Å². The van der Waals surface area contributed by atoms with Crippen molar-refractivity contribution in [2.75, 3.05) is 41.0 Å². The molecule has 0 aromatic heterocycles. The van der Waals surface area contributed by atoms with Gasteiger partial charge in [-0.05, 0) is 70.6 Å². The van der Waals surface area contributed by atoms with Gasteiger partial charge in [0.2, 0.25) is 0 Å². The van der Waals surface area contributed by atoms with Gasteiger partial charge in [0.15, 0.2) is 6.10 Å². The van der Waals surface area contributed by atoms with Crippen LogP contribution >= 0.6 is 0 Å². The molecule has 0 aliphatic heterocycles. The standard InChI is InChI=1S/C56H101NO7/c1-6-8-10-12-14-16-18-20-22-24-26-28-30-32-34-36-38-40-42-44-46-54(58)63-51-52(50-62-49-48-53(56(60)61)57(3,4)5)64-55(59)47-45-43-41-39-37-35-33-31-29-27-25-23-21-19-17-15-13-11-9-7-2/h9,11,15,17,21,23,26,28,52-53H,6-8,10,12-14,16,18-20,22,24-25,27,29-51H2,1-5H3/b11-9+,17-15+,23-21+,28-26+. The molecule has 0 saturated heterocycles. The summed E-state index contributed by atoms with van der Waals surface area (Å²) < 4.78 is 17.3. The van der Waals surface area contributed by atoms with E-state index in [-0.39, 0.29) is 42.7 Å². The van der Waals surface area contributed by atoms with Crippen molar-refractivity contribution in [3.05, 3.63) is 48.6 Å². The van der Waals surface area contributed by atoms with Gasteiger partial charge in [0.1, 0.15) is 12.6 Å². The van der Waals surface area contributed by atoms with Crippen molar-refractivity contribution in [2.24, 2.45) is 0 Å². The van der Waals surface area contributed by atoms with Crippen molar-refractivity contribution in [1.29, 1.82) is 0 Å². The first kappa shape index (κ1) is 61.3. The zero-order valence-corrected chi connectivity index (χ0v) is 42.4. The van der Waals surface area contributed by atoms with Crippen LogP contribution in [0.4, 0.5) is 0 Å². The highest BCUT2D eigenvalue weighted by molar-refractivity contribution is 5.70. The van der Waals surface area contributed by atoms with E-state index < -0.39 is 18.1 Å². The average Bonchev–Trinajstić information content (AvgIpc) is 3.26.